The number of rotatable bonds is 7. The number of nitrogens with two attached hydrogens (primary N) is 1. The Morgan fingerprint density at radius 1 is 0.630 bits per heavy atom. The molecule has 528 valence electrons. The number of hydrogen-bond acceptors (Lipinski definition) is 28. The van der Waals surface area contributed by atoms with Crippen molar-refractivity contribution in [2.45, 2.75) is 144 Å². The van der Waals surface area contributed by atoms with Crippen molar-refractivity contribution < 1.29 is 91.4 Å². The molecule has 4 fully saturated rings. The first kappa shape index (κ1) is 69.6. The molecule has 11 aliphatic rings. The number of aliphatic hydroxyl groups excluding tert-OH is 1. The smallest absolute Gasteiger partial charge is 0.408 e. The van der Waals surface area contributed by atoms with Gasteiger partial charge >= 0.3 is 30.0 Å². The first-order valence-electron chi connectivity index (χ1n) is 32.7. The second-order valence-corrected chi connectivity index (χ2v) is 28.5. The lowest BCUT2D eigenvalue weighted by Gasteiger charge is -2.61. The van der Waals surface area contributed by atoms with Gasteiger partial charge in [0.05, 0.1) is 61.0 Å². The molecule has 11 aliphatic heterocycles. The summed E-state index contributed by atoms with van der Waals surface area (Å²) in [5.41, 5.74) is 15.8. The van der Waals surface area contributed by atoms with Crippen LogP contribution < -0.4 is 48.9 Å². The third-order valence-corrected chi connectivity index (χ3v) is 23.7. The van der Waals surface area contributed by atoms with Crippen LogP contribution in [-0.2, 0) is 52.8 Å². The molecule has 6 N–H and O–H groups in total. The highest BCUT2D eigenvalue weighted by Gasteiger charge is 2.63. The number of thioether (sulfide) groups is 2. The predicted octanol–water partition coefficient (Wildman–Crippen LogP) is 6.69. The third-order valence-electron chi connectivity index (χ3n) is 20.9. The molecule has 1 amide bonds. The number of aliphatic hydroxyl groups is 1. The quantitative estimate of drug-likeness (QED) is 0.0643. The van der Waals surface area contributed by atoms with E-state index in [2.05, 4.69) is 37.1 Å². The molecule has 0 aromatic heterocycles. The van der Waals surface area contributed by atoms with Gasteiger partial charge in [-0.05, 0) is 82.4 Å². The largest absolute Gasteiger partial charge is 0.504 e. The first-order chi connectivity index (χ1) is 48.1. The summed E-state index contributed by atoms with van der Waals surface area (Å²) in [6.07, 6.45) is 0.207. The highest BCUT2D eigenvalue weighted by Crippen LogP contribution is 2.67. The van der Waals surface area contributed by atoms with E-state index in [4.69, 9.17) is 62.9 Å². The van der Waals surface area contributed by atoms with Crippen molar-refractivity contribution in [2.75, 3.05) is 73.7 Å². The van der Waals surface area contributed by atoms with Crippen molar-refractivity contribution in [1.29, 1.82) is 10.5 Å². The number of esters is 4. The number of amides is 1. The number of ether oxygens (including phenoxy) is 11. The molecule has 14 atom stereocenters. The second-order valence-electron chi connectivity index (χ2n) is 26.1. The number of aromatic hydroxyl groups is 2. The number of alkyl carbamates (subject to hydrolysis) is 1. The zero-order valence-electron chi connectivity index (χ0n) is 56.9. The second kappa shape index (κ2) is 27.6. The molecule has 2 unspecified atom stereocenters. The standard InChI is InChI=1S/C39H40N4O10S.C31H34N4O8S.CH4O/c1-18-11-22-12-24-25(13-40)43-26-15-49-38(46)23(41-39(47)50-14-21-9-7-6-8-10-21)16-54-37(31(43)30(42(24)4)27(22)32(45)33(18)48-5)29-28(26)36-35(51-17-52-36)19(2)34(29)53-20(3)44;1-12-6-15-7-17-18(8-32)35-19-9-40-31(38)16(33)10-44-30(24(35)23(34(17)4)20(15)25(37)26(12)39-5)22-21(19)29-28(41-11-42-29)13(2)27(22)43-14(3)36;1-2/h6-11,23-26,30-31,37,45H,12,14-17H2,1-5H3,(H,41,47);6,16-19,23-24,30,37H,7,9-11,33H2,1-5H3;2H,1H3/t23-,24-,25-,26-,30+,31?,37+;16-,17-,18-,19-,23+,24?,30+;/m00./s1. The molecule has 27 nitrogen and oxygen atoms in total. The number of nitrogens with zero attached hydrogens (tertiary/aromatic N) is 6. The molecule has 11 heterocycles. The Morgan fingerprint density at radius 2 is 1.07 bits per heavy atom. The predicted molar refractivity (Wildman–Crippen MR) is 360 cm³/mol. The van der Waals surface area contributed by atoms with E-state index in [1.807, 2.05) is 77.3 Å². The Morgan fingerprint density at radius 3 is 1.51 bits per heavy atom. The minimum Gasteiger partial charge on any atom is -0.504 e. The summed E-state index contributed by atoms with van der Waals surface area (Å²) >= 11 is 2.80. The maximum atomic E-state index is 13.8. The summed E-state index contributed by atoms with van der Waals surface area (Å²) in [7, 11) is 7.98. The van der Waals surface area contributed by atoms with Crippen molar-refractivity contribution in [3.8, 4) is 69.6 Å². The number of aryl methyl sites for hydroxylation is 2. The molecule has 16 rings (SSSR count). The van der Waals surface area contributed by atoms with E-state index in [1.165, 1.54) is 51.6 Å². The van der Waals surface area contributed by atoms with Gasteiger partial charge in [-0.15, -0.1) is 23.5 Å². The third kappa shape index (κ3) is 11.2. The van der Waals surface area contributed by atoms with Gasteiger partial charge in [-0.1, -0.05) is 42.5 Å². The van der Waals surface area contributed by atoms with Gasteiger partial charge in [-0.2, -0.15) is 10.5 Å². The van der Waals surface area contributed by atoms with Crippen LogP contribution in [0.4, 0.5) is 4.79 Å². The Hall–Kier alpha value is -8.91. The summed E-state index contributed by atoms with van der Waals surface area (Å²) in [4.78, 5) is 73.8. The van der Waals surface area contributed by atoms with Crippen molar-refractivity contribution in [2.24, 2.45) is 5.73 Å². The Balaban J connectivity index is 0.000000178. The topological polar surface area (TPSA) is 346 Å². The van der Waals surface area contributed by atoms with Crippen LogP contribution in [0.5, 0.6) is 57.5 Å². The normalized spacial score (nSPS) is 27.8. The van der Waals surface area contributed by atoms with Gasteiger partial charge < -0.3 is 78.5 Å². The summed E-state index contributed by atoms with van der Waals surface area (Å²) in [6.45, 7) is 9.63. The van der Waals surface area contributed by atoms with E-state index >= 15 is 0 Å². The van der Waals surface area contributed by atoms with Crippen LogP contribution in [0.1, 0.15) is 121 Å². The highest BCUT2D eigenvalue weighted by atomic mass is 32.2. The van der Waals surface area contributed by atoms with E-state index in [9.17, 15) is 44.7 Å². The lowest BCUT2D eigenvalue weighted by molar-refractivity contribution is -0.151. The number of phenolic OH excluding ortho intramolecular Hbond substituents is 2. The van der Waals surface area contributed by atoms with Crippen molar-refractivity contribution in [3.63, 3.8) is 0 Å². The summed E-state index contributed by atoms with van der Waals surface area (Å²) in [6, 6.07) is 11.2. The van der Waals surface area contributed by atoms with Crippen molar-refractivity contribution >= 4 is 53.5 Å². The number of piperazine rings is 2. The molecule has 29 heteroatoms. The monoisotopic (exact) mass is 1410 g/mol. The number of nitrogens with one attached hydrogen (secondary N) is 1. The zero-order chi connectivity index (χ0) is 71.2. The number of methoxy groups -OCH3 is 2. The number of carbonyl (C=O) groups is 5. The minimum atomic E-state index is -1.11. The Bertz CT molecular complexity index is 4260. The van der Waals surface area contributed by atoms with Crippen LogP contribution in [0.3, 0.4) is 0 Å². The first-order valence-corrected chi connectivity index (χ1v) is 34.8. The van der Waals surface area contributed by atoms with Gasteiger partial charge in [-0.25, -0.2) is 9.59 Å². The number of nitriles is 2. The summed E-state index contributed by atoms with van der Waals surface area (Å²) < 4.78 is 64.8. The number of fused-ring (bicyclic) bond motifs is 19. The number of carbonyl (C=O) groups excluding carboxylic acids is 5. The van der Waals surface area contributed by atoms with Crippen LogP contribution in [-0.4, -0.2) is 187 Å². The minimum absolute atomic E-state index is 0.00542. The molecular formula is C71H78N8O19S2. The van der Waals surface area contributed by atoms with Gasteiger partial charge in [0, 0.05) is 101 Å². The van der Waals surface area contributed by atoms with Crippen LogP contribution in [0, 0.1) is 50.4 Å². The molecule has 0 saturated carbocycles. The fourth-order valence-electron chi connectivity index (χ4n) is 17.0. The van der Waals surface area contributed by atoms with E-state index < -0.39 is 101 Å². The number of benzene rings is 5. The Labute approximate surface area is 585 Å². The van der Waals surface area contributed by atoms with Crippen LogP contribution in [0.15, 0.2) is 42.5 Å². The zero-order valence-corrected chi connectivity index (χ0v) is 58.6. The number of cyclic esters (lactones) is 1. The van der Waals surface area contributed by atoms with Crippen molar-refractivity contribution in [3.05, 3.63) is 115 Å². The SMILES string of the molecule is CO.COc1c(C)cc2c(c1O)[C@@H]1C3[C@@H]4SC[C@H](N)C(=O)OC[C@@H](c5c6c(c(C)c(OC(C)=O)c54)OCO6)N3[C@@H](C#N)[C@H](C2)N1C.COc1c(C)cc2c(c1O)[C@@H]1C3[C@@H]4SC[C@H](NC(=O)OCc5ccccc5)C(=O)OC[C@@H](c5c6c(c(C)c(OC(C)=O)c54)OCO6)N3[C@@H](C#N)[C@H](C2)N1C. The molecule has 8 bridgehead atoms. The van der Waals surface area contributed by atoms with Crippen LogP contribution in [0.2, 0.25) is 0 Å². The molecule has 0 radical (unpaired) electrons. The number of phenols is 2. The Kier molecular flexibility index (Phi) is 19.2. The lowest BCUT2D eigenvalue weighted by Crippen LogP contribution is -2.69. The van der Waals surface area contributed by atoms with Crippen LogP contribution >= 0.6 is 23.5 Å². The molecule has 100 heavy (non-hydrogen) atoms. The average molecular weight is 1410 g/mol. The molecule has 0 aliphatic carbocycles. The van der Waals surface area contributed by atoms with Crippen LogP contribution in [0.25, 0.3) is 0 Å². The number of hydrogen-bond donors (Lipinski definition) is 5. The number of likely N-dealkylation sites (N-methyl/N-ethyl adjacent to an activating group) is 2. The highest BCUT2D eigenvalue weighted by molar-refractivity contribution is 7.99. The van der Waals surface area contributed by atoms with E-state index in [0.29, 0.717) is 92.2 Å². The molecule has 0 spiro atoms. The van der Waals surface area contributed by atoms with E-state index in [1.54, 1.807) is 6.92 Å². The van der Waals surface area contributed by atoms with E-state index in [-0.39, 0.29) is 68.5 Å². The summed E-state index contributed by atoms with van der Waals surface area (Å²) in [5.74, 6) is 1.28. The lowest BCUT2D eigenvalue weighted by atomic mass is 9.71. The molecule has 4 saturated heterocycles. The van der Waals surface area contributed by atoms with E-state index in [0.717, 1.165) is 46.1 Å². The van der Waals surface area contributed by atoms with Gasteiger partial charge in [-0.3, -0.25) is 34.0 Å². The van der Waals surface area contributed by atoms with Crippen molar-refractivity contribution in [1.82, 2.24) is 24.9 Å². The average Bonchev–Trinajstić information content (AvgIpc) is 0.862. The maximum absolute atomic E-state index is 13.8. The molecule has 5 aromatic carbocycles. The molecular weight excluding hydrogens is 1330 g/mol. The van der Waals surface area contributed by atoms with Gasteiger partial charge in [0.25, 0.3) is 0 Å². The molecule has 5 aromatic rings. The van der Waals surface area contributed by atoms with Gasteiger partial charge in [0.2, 0.25) is 13.6 Å². The summed E-state index contributed by atoms with van der Waals surface area (Å²) in [5, 5.41) is 54.1. The fourth-order valence-corrected chi connectivity index (χ4v) is 19.9. The van der Waals surface area contributed by atoms with Gasteiger partial charge in [0.1, 0.15) is 55.5 Å². The fraction of sp³-hybridized carbons (Fsp3) is 0.479. The van der Waals surface area contributed by atoms with Gasteiger partial charge in [0.15, 0.2) is 46.0 Å². The maximum Gasteiger partial charge on any atom is 0.408 e.